The summed E-state index contributed by atoms with van der Waals surface area (Å²) in [5.41, 5.74) is 4.29. The fourth-order valence-corrected chi connectivity index (χ4v) is 4.28. The molecule has 1 aromatic carbocycles. The van der Waals surface area contributed by atoms with E-state index in [1.807, 2.05) is 11.6 Å². The van der Waals surface area contributed by atoms with Gasteiger partial charge >= 0.3 is 0 Å². The van der Waals surface area contributed by atoms with Gasteiger partial charge in [-0.3, -0.25) is 4.90 Å². The molecule has 128 valence electrons. The van der Waals surface area contributed by atoms with Gasteiger partial charge in [-0.15, -0.1) is 11.3 Å². The highest BCUT2D eigenvalue weighted by molar-refractivity contribution is 7.09. The van der Waals surface area contributed by atoms with Gasteiger partial charge in [0.25, 0.3) is 0 Å². The summed E-state index contributed by atoms with van der Waals surface area (Å²) in [5.74, 6) is 2.49. The number of hydrogen-bond donors (Lipinski definition) is 1. The van der Waals surface area contributed by atoms with Gasteiger partial charge < -0.3 is 14.8 Å². The van der Waals surface area contributed by atoms with Crippen molar-refractivity contribution in [1.82, 2.24) is 15.2 Å². The van der Waals surface area contributed by atoms with Gasteiger partial charge in [0, 0.05) is 30.1 Å². The van der Waals surface area contributed by atoms with Crippen LogP contribution in [-0.2, 0) is 13.1 Å². The molecule has 2 aliphatic rings. The Morgan fingerprint density at radius 2 is 2.29 bits per heavy atom. The average molecular weight is 345 g/mol. The first-order valence-corrected chi connectivity index (χ1v) is 9.37. The molecular weight excluding hydrogens is 322 g/mol. The summed E-state index contributed by atoms with van der Waals surface area (Å²) in [5, 5.41) is 3.47. The van der Waals surface area contributed by atoms with Crippen molar-refractivity contribution >= 4 is 11.3 Å². The summed E-state index contributed by atoms with van der Waals surface area (Å²) >= 11 is 1.75. The highest BCUT2D eigenvalue weighted by Crippen LogP contribution is 2.36. The number of thiazole rings is 1. The van der Waals surface area contributed by atoms with Crippen LogP contribution < -0.4 is 14.8 Å². The number of nitrogens with one attached hydrogen (secondary N) is 1. The molecule has 5 nitrogen and oxygen atoms in total. The van der Waals surface area contributed by atoms with Crippen LogP contribution in [0, 0.1) is 12.8 Å². The lowest BCUT2D eigenvalue weighted by Crippen LogP contribution is -2.30. The second kappa shape index (κ2) is 7.09. The molecule has 6 heteroatoms. The van der Waals surface area contributed by atoms with E-state index in [1.165, 1.54) is 16.9 Å². The van der Waals surface area contributed by atoms with E-state index in [0.717, 1.165) is 49.9 Å². The number of aryl methyl sites for hydroxylation is 1. The third-order valence-corrected chi connectivity index (χ3v) is 5.68. The molecule has 0 amide bonds. The molecule has 0 radical (unpaired) electrons. The quantitative estimate of drug-likeness (QED) is 0.872. The molecule has 1 fully saturated rings. The van der Waals surface area contributed by atoms with Crippen molar-refractivity contribution in [2.75, 3.05) is 26.4 Å². The van der Waals surface area contributed by atoms with E-state index in [9.17, 15) is 0 Å². The molecule has 4 rings (SSSR count). The van der Waals surface area contributed by atoms with Gasteiger partial charge in [0.05, 0.1) is 11.2 Å². The Bertz CT molecular complexity index is 697. The minimum Gasteiger partial charge on any atom is -0.454 e. The zero-order valence-corrected chi connectivity index (χ0v) is 14.8. The number of hydrogen-bond acceptors (Lipinski definition) is 6. The first-order chi connectivity index (χ1) is 11.8. The molecule has 2 aromatic rings. The van der Waals surface area contributed by atoms with Crippen molar-refractivity contribution in [2.45, 2.75) is 26.4 Å². The number of ether oxygens (including phenoxy) is 2. The van der Waals surface area contributed by atoms with E-state index in [2.05, 4.69) is 34.3 Å². The van der Waals surface area contributed by atoms with Crippen LogP contribution in [0.4, 0.5) is 0 Å². The van der Waals surface area contributed by atoms with Crippen LogP contribution in [0.1, 0.15) is 22.6 Å². The van der Waals surface area contributed by atoms with Gasteiger partial charge in [-0.1, -0.05) is 12.1 Å². The van der Waals surface area contributed by atoms with Crippen LogP contribution in [0.15, 0.2) is 23.7 Å². The number of benzene rings is 1. The normalized spacial score (nSPS) is 19.3. The molecule has 1 N–H and O–H groups in total. The van der Waals surface area contributed by atoms with Crippen molar-refractivity contribution in [1.29, 1.82) is 0 Å². The second-order valence-electron chi connectivity index (χ2n) is 6.54. The Hall–Kier alpha value is -1.63. The van der Waals surface area contributed by atoms with Gasteiger partial charge in [0.1, 0.15) is 0 Å². The summed E-state index contributed by atoms with van der Waals surface area (Å²) in [6.07, 6.45) is 1.25. The van der Waals surface area contributed by atoms with Crippen LogP contribution in [0.2, 0.25) is 0 Å². The molecular formula is C18H23N3O2S. The van der Waals surface area contributed by atoms with Crippen molar-refractivity contribution in [3.63, 3.8) is 0 Å². The Kier molecular flexibility index (Phi) is 4.69. The fraction of sp³-hybridized carbons (Fsp3) is 0.500. The Labute approximate surface area is 146 Å². The lowest BCUT2D eigenvalue weighted by molar-refractivity contribution is 0.170. The highest BCUT2D eigenvalue weighted by Gasteiger charge is 2.23. The van der Waals surface area contributed by atoms with Crippen LogP contribution in [-0.4, -0.2) is 36.3 Å². The molecule has 0 saturated carbocycles. The number of nitrogens with zero attached hydrogens (tertiary/aromatic N) is 2. The van der Waals surface area contributed by atoms with E-state index in [1.54, 1.807) is 11.3 Å². The Morgan fingerprint density at radius 3 is 3.08 bits per heavy atom. The summed E-state index contributed by atoms with van der Waals surface area (Å²) < 4.78 is 11.2. The number of aromatic nitrogens is 1. The zero-order valence-electron chi connectivity index (χ0n) is 14.0. The van der Waals surface area contributed by atoms with Crippen molar-refractivity contribution < 1.29 is 9.47 Å². The smallest absolute Gasteiger partial charge is 0.231 e. The van der Waals surface area contributed by atoms with Gasteiger partial charge in [0.15, 0.2) is 11.5 Å². The second-order valence-corrected chi connectivity index (χ2v) is 7.48. The maximum absolute atomic E-state index is 5.69. The SMILES string of the molecule is Cc1ncsc1CN(Cc1cccc2c1OCO2)C[C@H]1CCNC1. The molecule has 2 aliphatic heterocycles. The highest BCUT2D eigenvalue weighted by atomic mass is 32.1. The van der Waals surface area contributed by atoms with Crippen LogP contribution in [0.5, 0.6) is 11.5 Å². The van der Waals surface area contributed by atoms with Gasteiger partial charge in [0.2, 0.25) is 6.79 Å². The lowest BCUT2D eigenvalue weighted by atomic mass is 10.1. The van der Waals surface area contributed by atoms with Crippen LogP contribution in [0.25, 0.3) is 0 Å². The largest absolute Gasteiger partial charge is 0.454 e. The Morgan fingerprint density at radius 1 is 1.33 bits per heavy atom. The molecule has 0 spiro atoms. The molecule has 1 aromatic heterocycles. The molecule has 1 saturated heterocycles. The van der Waals surface area contributed by atoms with Crippen LogP contribution in [0.3, 0.4) is 0 Å². The molecule has 0 bridgehead atoms. The first-order valence-electron chi connectivity index (χ1n) is 8.49. The maximum atomic E-state index is 5.69. The van der Waals surface area contributed by atoms with Crippen molar-refractivity contribution in [2.24, 2.45) is 5.92 Å². The standard InChI is InChI=1S/C18H23N3O2S/c1-13-17(24-11-20-13)10-21(8-14-5-6-19-7-14)9-15-3-2-4-16-18(15)23-12-22-16/h2-4,11,14,19H,5-10,12H2,1H3/t14-/m0/s1. The van der Waals surface area contributed by atoms with E-state index >= 15 is 0 Å². The Balaban J connectivity index is 1.53. The van der Waals surface area contributed by atoms with Crippen molar-refractivity contribution in [3.8, 4) is 11.5 Å². The maximum Gasteiger partial charge on any atom is 0.231 e. The first kappa shape index (κ1) is 15.9. The monoisotopic (exact) mass is 345 g/mol. The van der Waals surface area contributed by atoms with E-state index in [4.69, 9.17) is 9.47 Å². The predicted octanol–water partition coefficient (Wildman–Crippen LogP) is 2.79. The van der Waals surface area contributed by atoms with Crippen LogP contribution >= 0.6 is 11.3 Å². The predicted molar refractivity (Wildman–Crippen MR) is 94.5 cm³/mol. The number of fused-ring (bicyclic) bond motifs is 1. The summed E-state index contributed by atoms with van der Waals surface area (Å²) in [6, 6.07) is 6.17. The topological polar surface area (TPSA) is 46.6 Å². The minimum atomic E-state index is 0.326. The molecule has 3 heterocycles. The third-order valence-electron chi connectivity index (χ3n) is 4.76. The summed E-state index contributed by atoms with van der Waals surface area (Å²) in [7, 11) is 0. The summed E-state index contributed by atoms with van der Waals surface area (Å²) in [6.45, 7) is 7.58. The minimum absolute atomic E-state index is 0.326. The third kappa shape index (κ3) is 3.41. The van der Waals surface area contributed by atoms with Crippen molar-refractivity contribution in [3.05, 3.63) is 39.8 Å². The zero-order chi connectivity index (χ0) is 16.4. The average Bonchev–Trinajstić information content (AvgIpc) is 3.31. The molecule has 0 aliphatic carbocycles. The molecule has 24 heavy (non-hydrogen) atoms. The molecule has 1 atom stereocenters. The van der Waals surface area contributed by atoms with Gasteiger partial charge in [-0.25, -0.2) is 4.98 Å². The number of para-hydroxylation sites is 1. The van der Waals surface area contributed by atoms with E-state index in [0.29, 0.717) is 12.7 Å². The molecule has 0 unspecified atom stereocenters. The van der Waals surface area contributed by atoms with E-state index < -0.39 is 0 Å². The van der Waals surface area contributed by atoms with Gasteiger partial charge in [-0.05, 0) is 38.4 Å². The number of rotatable bonds is 6. The summed E-state index contributed by atoms with van der Waals surface area (Å²) in [4.78, 5) is 8.28. The fourth-order valence-electron chi connectivity index (χ4n) is 3.46. The lowest BCUT2D eigenvalue weighted by Gasteiger charge is -2.25. The van der Waals surface area contributed by atoms with E-state index in [-0.39, 0.29) is 0 Å². The van der Waals surface area contributed by atoms with Gasteiger partial charge in [-0.2, -0.15) is 0 Å².